The smallest absolute Gasteiger partial charge is 0.305 e. The number of nitrogens with one attached hydrogen (secondary N) is 1. The Morgan fingerprint density at radius 1 is 1.03 bits per heavy atom. The molecule has 1 aliphatic heterocycles. The highest BCUT2D eigenvalue weighted by molar-refractivity contribution is 5.86. The van der Waals surface area contributed by atoms with Crippen molar-refractivity contribution in [1.29, 1.82) is 0 Å². The molecule has 2 unspecified atom stereocenters. The maximum absolute atomic E-state index is 11.6. The number of rotatable bonds is 8. The molecule has 5 nitrogen and oxygen atoms in total. The summed E-state index contributed by atoms with van der Waals surface area (Å²) in [7, 11) is 1.43. The van der Waals surface area contributed by atoms with Gasteiger partial charge in [-0.1, -0.05) is 66.7 Å². The Bertz CT molecular complexity index is 1350. The molecule has 0 saturated carbocycles. The molecule has 0 aromatic heterocycles. The lowest BCUT2D eigenvalue weighted by molar-refractivity contribution is -0.140. The van der Waals surface area contributed by atoms with Crippen LogP contribution in [0.3, 0.4) is 0 Å². The maximum Gasteiger partial charge on any atom is 0.305 e. The molecule has 0 aliphatic carbocycles. The zero-order valence-electron chi connectivity index (χ0n) is 20.8. The van der Waals surface area contributed by atoms with E-state index in [2.05, 4.69) is 89.9 Å². The summed E-state index contributed by atoms with van der Waals surface area (Å²) >= 11 is 0. The Morgan fingerprint density at radius 3 is 2.69 bits per heavy atom. The predicted octanol–water partition coefficient (Wildman–Crippen LogP) is 6.20. The number of benzene rings is 4. The number of carbonyl (C=O) groups is 1. The van der Waals surface area contributed by atoms with Crippen molar-refractivity contribution in [2.45, 2.75) is 31.9 Å². The third-order valence-corrected chi connectivity index (χ3v) is 6.85. The van der Waals surface area contributed by atoms with E-state index in [4.69, 9.17) is 9.47 Å². The summed E-state index contributed by atoms with van der Waals surface area (Å²) < 4.78 is 11.2. The molecule has 0 fully saturated rings. The van der Waals surface area contributed by atoms with E-state index >= 15 is 0 Å². The first-order valence-corrected chi connectivity index (χ1v) is 12.5. The first-order chi connectivity index (χ1) is 17.6. The van der Waals surface area contributed by atoms with Gasteiger partial charge in [-0.25, -0.2) is 0 Å². The van der Waals surface area contributed by atoms with Crippen molar-refractivity contribution in [3.63, 3.8) is 0 Å². The molecule has 0 saturated heterocycles. The Labute approximate surface area is 212 Å². The number of hydrogen-bond acceptors (Lipinski definition) is 5. The van der Waals surface area contributed by atoms with E-state index in [1.807, 2.05) is 18.2 Å². The number of esters is 1. The molecule has 5 rings (SSSR count). The minimum Gasteiger partial charge on any atom is -0.485 e. The quantitative estimate of drug-likeness (QED) is 0.305. The summed E-state index contributed by atoms with van der Waals surface area (Å²) in [4.78, 5) is 13.9. The Kier molecular flexibility index (Phi) is 7.19. The maximum atomic E-state index is 11.6. The van der Waals surface area contributed by atoms with Gasteiger partial charge in [0.25, 0.3) is 0 Å². The molecular formula is C31H32N2O3. The van der Waals surface area contributed by atoms with Gasteiger partial charge >= 0.3 is 5.97 Å². The van der Waals surface area contributed by atoms with Crippen molar-refractivity contribution < 1.29 is 14.3 Å². The van der Waals surface area contributed by atoms with Crippen LogP contribution in [-0.4, -0.2) is 32.3 Å². The second kappa shape index (κ2) is 10.8. The molecule has 36 heavy (non-hydrogen) atoms. The topological polar surface area (TPSA) is 50.8 Å². The lowest BCUT2D eigenvalue weighted by atomic mass is 9.99. The lowest BCUT2D eigenvalue weighted by Gasteiger charge is -2.37. The molecule has 1 N–H and O–H groups in total. The highest BCUT2D eigenvalue weighted by atomic mass is 16.5. The van der Waals surface area contributed by atoms with Gasteiger partial charge in [-0.3, -0.25) is 4.79 Å². The van der Waals surface area contributed by atoms with Gasteiger partial charge in [-0.15, -0.1) is 0 Å². The number of anilines is 2. The molecule has 0 bridgehead atoms. The molecular weight excluding hydrogens is 448 g/mol. The van der Waals surface area contributed by atoms with E-state index in [0.29, 0.717) is 12.8 Å². The van der Waals surface area contributed by atoms with Crippen LogP contribution in [0, 0.1) is 0 Å². The normalized spacial score (nSPS) is 15.7. The third kappa shape index (κ3) is 5.21. The van der Waals surface area contributed by atoms with Gasteiger partial charge in [0.15, 0.2) is 0 Å². The van der Waals surface area contributed by atoms with Crippen LogP contribution in [-0.2, 0) is 16.0 Å². The lowest BCUT2D eigenvalue weighted by Crippen LogP contribution is -2.44. The number of para-hydroxylation sites is 2. The summed E-state index contributed by atoms with van der Waals surface area (Å²) in [5, 5.41) is 6.24. The number of fused-ring (bicyclic) bond motifs is 2. The van der Waals surface area contributed by atoms with E-state index in [-0.39, 0.29) is 18.1 Å². The number of nitrogens with zero attached hydrogens (tertiary/aromatic N) is 1. The van der Waals surface area contributed by atoms with Crippen LogP contribution in [0.25, 0.3) is 10.8 Å². The van der Waals surface area contributed by atoms with Gasteiger partial charge < -0.3 is 19.7 Å². The molecule has 5 heteroatoms. The molecule has 2 atom stereocenters. The fourth-order valence-corrected chi connectivity index (χ4v) is 4.92. The fraction of sp³-hybridized carbons (Fsp3) is 0.258. The minimum absolute atomic E-state index is 0.0175. The fourth-order valence-electron chi connectivity index (χ4n) is 4.92. The van der Waals surface area contributed by atoms with Crippen molar-refractivity contribution in [2.24, 2.45) is 0 Å². The van der Waals surface area contributed by atoms with Crippen LogP contribution in [0.15, 0.2) is 91.0 Å². The summed E-state index contributed by atoms with van der Waals surface area (Å²) in [5.41, 5.74) is 4.56. The van der Waals surface area contributed by atoms with Crippen LogP contribution >= 0.6 is 0 Å². The summed E-state index contributed by atoms with van der Waals surface area (Å²) in [5.74, 6) is 0.692. The first kappa shape index (κ1) is 23.9. The van der Waals surface area contributed by atoms with E-state index < -0.39 is 0 Å². The van der Waals surface area contributed by atoms with Crippen LogP contribution in [0.1, 0.15) is 30.5 Å². The minimum atomic E-state index is -0.191. The zero-order valence-corrected chi connectivity index (χ0v) is 20.8. The van der Waals surface area contributed by atoms with Crippen molar-refractivity contribution in [3.8, 4) is 5.75 Å². The molecule has 1 heterocycles. The van der Waals surface area contributed by atoms with Gasteiger partial charge in [0.1, 0.15) is 11.9 Å². The molecule has 4 aromatic rings. The number of carbonyl (C=O) groups excluding carboxylic acids is 1. The van der Waals surface area contributed by atoms with E-state index in [1.54, 1.807) is 0 Å². The van der Waals surface area contributed by atoms with Gasteiger partial charge in [0, 0.05) is 24.7 Å². The van der Waals surface area contributed by atoms with Gasteiger partial charge in [-0.2, -0.15) is 0 Å². The van der Waals surface area contributed by atoms with Crippen LogP contribution in [0.5, 0.6) is 5.75 Å². The number of aryl methyl sites for hydroxylation is 1. The average Bonchev–Trinajstić information content (AvgIpc) is 2.94. The molecule has 184 valence electrons. The highest BCUT2D eigenvalue weighted by Gasteiger charge is 2.27. The Morgan fingerprint density at radius 2 is 1.81 bits per heavy atom. The van der Waals surface area contributed by atoms with Crippen LogP contribution in [0.4, 0.5) is 11.4 Å². The van der Waals surface area contributed by atoms with E-state index in [9.17, 15) is 4.79 Å². The summed E-state index contributed by atoms with van der Waals surface area (Å²) in [6, 6.07) is 31.7. The molecule has 1 aliphatic rings. The second-order valence-electron chi connectivity index (χ2n) is 9.26. The largest absolute Gasteiger partial charge is 0.485 e. The molecule has 0 radical (unpaired) electrons. The standard InChI is InChI=1S/C31H32N2O3/c1-22(27-14-8-11-24-10-3-4-13-28(24)27)32-20-26-21-33(29-15-5-6-16-30(29)36-26)25-12-7-9-23(19-25)17-18-31(34)35-2/h3-16,19,22,26,32H,17-18,20-21H2,1-2H3. The van der Waals surface area contributed by atoms with E-state index in [1.165, 1.54) is 23.4 Å². The molecule has 0 spiro atoms. The van der Waals surface area contributed by atoms with Crippen molar-refractivity contribution in [2.75, 3.05) is 25.1 Å². The second-order valence-corrected chi connectivity index (χ2v) is 9.26. The van der Waals surface area contributed by atoms with Crippen molar-refractivity contribution in [1.82, 2.24) is 5.32 Å². The van der Waals surface area contributed by atoms with Crippen molar-refractivity contribution >= 4 is 28.1 Å². The highest BCUT2D eigenvalue weighted by Crippen LogP contribution is 2.38. The first-order valence-electron chi connectivity index (χ1n) is 12.5. The van der Waals surface area contributed by atoms with Gasteiger partial charge in [0.2, 0.25) is 0 Å². The monoisotopic (exact) mass is 480 g/mol. The predicted molar refractivity (Wildman–Crippen MR) is 145 cm³/mol. The average molecular weight is 481 g/mol. The van der Waals surface area contributed by atoms with Gasteiger partial charge in [-0.05, 0) is 59.5 Å². The summed E-state index contributed by atoms with van der Waals surface area (Å²) in [6.07, 6.45) is 1.01. The van der Waals surface area contributed by atoms with Crippen LogP contribution < -0.4 is 15.0 Å². The zero-order chi connectivity index (χ0) is 24.9. The Hall–Kier alpha value is -3.83. The summed E-state index contributed by atoms with van der Waals surface area (Å²) in [6.45, 7) is 3.66. The third-order valence-electron chi connectivity index (χ3n) is 6.85. The van der Waals surface area contributed by atoms with Crippen LogP contribution in [0.2, 0.25) is 0 Å². The Balaban J connectivity index is 1.33. The molecule has 0 amide bonds. The van der Waals surface area contributed by atoms with E-state index in [0.717, 1.165) is 35.8 Å². The van der Waals surface area contributed by atoms with Crippen molar-refractivity contribution in [3.05, 3.63) is 102 Å². The number of hydrogen-bond donors (Lipinski definition) is 1. The SMILES string of the molecule is COC(=O)CCc1cccc(N2CC(CNC(C)c3cccc4ccccc34)Oc3ccccc32)c1. The number of ether oxygens (including phenoxy) is 2. The number of methoxy groups -OCH3 is 1. The molecule has 4 aromatic carbocycles. The van der Waals surface area contributed by atoms with Gasteiger partial charge in [0.05, 0.1) is 19.3 Å².